The van der Waals surface area contributed by atoms with Crippen molar-refractivity contribution in [3.63, 3.8) is 0 Å². The first-order chi connectivity index (χ1) is 16.7. The lowest BCUT2D eigenvalue weighted by molar-refractivity contribution is 0.0593. The number of nitrogens with one attached hydrogen (secondary N) is 1. The van der Waals surface area contributed by atoms with Crippen molar-refractivity contribution >= 4 is 11.9 Å². The van der Waals surface area contributed by atoms with Crippen LogP contribution in [0.2, 0.25) is 0 Å². The molecule has 1 amide bonds. The minimum Gasteiger partial charge on any atom is -0.496 e. The first kappa shape index (κ1) is 25.8. The van der Waals surface area contributed by atoms with E-state index >= 15 is 0 Å². The quantitative estimate of drug-likeness (QED) is 0.470. The van der Waals surface area contributed by atoms with Gasteiger partial charge >= 0.3 is 5.97 Å². The van der Waals surface area contributed by atoms with E-state index in [1.54, 1.807) is 31.0 Å². The summed E-state index contributed by atoms with van der Waals surface area (Å²) < 4.78 is 17.8. The van der Waals surface area contributed by atoms with Gasteiger partial charge in [-0.3, -0.25) is 4.79 Å². The Labute approximate surface area is 205 Å². The van der Waals surface area contributed by atoms with Crippen LogP contribution in [0, 0.1) is 13.8 Å². The minimum atomic E-state index is -0.565. The van der Waals surface area contributed by atoms with Crippen LogP contribution in [0.3, 0.4) is 0 Å². The number of hydrogen-bond acceptors (Lipinski definition) is 7. The largest absolute Gasteiger partial charge is 0.496 e. The van der Waals surface area contributed by atoms with Crippen molar-refractivity contribution in [2.75, 3.05) is 48.5 Å². The lowest BCUT2D eigenvalue weighted by Gasteiger charge is -2.18. The Hall–Kier alpha value is -3.85. The van der Waals surface area contributed by atoms with E-state index < -0.39 is 5.97 Å². The van der Waals surface area contributed by atoms with Crippen molar-refractivity contribution in [3.8, 4) is 28.4 Å². The Morgan fingerprint density at radius 1 is 1.00 bits per heavy atom. The summed E-state index contributed by atoms with van der Waals surface area (Å²) in [4.78, 5) is 27.2. The third kappa shape index (κ3) is 5.30. The van der Waals surface area contributed by atoms with Gasteiger partial charge in [0.15, 0.2) is 5.69 Å². The van der Waals surface area contributed by atoms with Gasteiger partial charge in [0.25, 0.3) is 5.91 Å². The Balaban J connectivity index is 2.16. The molecular weight excluding hydrogens is 448 g/mol. The highest BCUT2D eigenvalue weighted by Gasteiger charge is 2.24. The van der Waals surface area contributed by atoms with Crippen LogP contribution in [-0.2, 0) is 4.74 Å². The Kier molecular flexibility index (Phi) is 8.14. The SMILES string of the molecule is COC(=O)c1cc(-c2c(OC)cccc2OC)n(-c2ccc(C(=O)NCCN(C)C)c(C)c2C)n1. The smallest absolute Gasteiger partial charge is 0.358 e. The second-order valence-corrected chi connectivity index (χ2v) is 8.30. The lowest BCUT2D eigenvalue weighted by atomic mass is 10.00. The normalized spacial score (nSPS) is 10.9. The van der Waals surface area contributed by atoms with Gasteiger partial charge in [-0.15, -0.1) is 0 Å². The van der Waals surface area contributed by atoms with Gasteiger partial charge in [0.2, 0.25) is 0 Å². The molecule has 1 heterocycles. The summed E-state index contributed by atoms with van der Waals surface area (Å²) in [6, 6.07) is 10.7. The number of amides is 1. The molecule has 3 rings (SSSR count). The molecule has 0 saturated heterocycles. The van der Waals surface area contributed by atoms with Crippen LogP contribution >= 0.6 is 0 Å². The maximum atomic E-state index is 12.8. The van der Waals surface area contributed by atoms with Crippen molar-refractivity contribution in [1.82, 2.24) is 20.0 Å². The molecular formula is C26H32N4O5. The number of carbonyl (C=O) groups is 2. The lowest BCUT2D eigenvalue weighted by Crippen LogP contribution is -2.31. The molecule has 1 aromatic heterocycles. The van der Waals surface area contributed by atoms with Crippen molar-refractivity contribution < 1.29 is 23.8 Å². The minimum absolute atomic E-state index is 0.137. The van der Waals surface area contributed by atoms with Gasteiger partial charge in [-0.05, 0) is 69.4 Å². The van der Waals surface area contributed by atoms with Crippen LogP contribution in [0.5, 0.6) is 11.5 Å². The second-order valence-electron chi connectivity index (χ2n) is 8.30. The predicted molar refractivity (Wildman–Crippen MR) is 134 cm³/mol. The highest BCUT2D eigenvalue weighted by molar-refractivity contribution is 5.96. The summed E-state index contributed by atoms with van der Waals surface area (Å²) in [5.74, 6) is 0.424. The number of rotatable bonds is 9. The molecule has 0 aliphatic carbocycles. The van der Waals surface area contributed by atoms with Gasteiger partial charge in [0.1, 0.15) is 11.5 Å². The number of likely N-dealkylation sites (N-methyl/N-ethyl adjacent to an activating group) is 1. The molecule has 2 aromatic carbocycles. The predicted octanol–water partition coefficient (Wildman–Crippen LogP) is 3.25. The first-order valence-electron chi connectivity index (χ1n) is 11.2. The van der Waals surface area contributed by atoms with Gasteiger partial charge in [-0.1, -0.05) is 6.07 Å². The molecule has 35 heavy (non-hydrogen) atoms. The zero-order valence-electron chi connectivity index (χ0n) is 21.3. The Morgan fingerprint density at radius 3 is 2.23 bits per heavy atom. The van der Waals surface area contributed by atoms with E-state index in [4.69, 9.17) is 14.2 Å². The summed E-state index contributed by atoms with van der Waals surface area (Å²) in [5.41, 5.74) is 4.33. The fourth-order valence-electron chi connectivity index (χ4n) is 3.82. The van der Waals surface area contributed by atoms with E-state index in [1.165, 1.54) is 7.11 Å². The van der Waals surface area contributed by atoms with Crippen LogP contribution in [0.1, 0.15) is 32.0 Å². The van der Waals surface area contributed by atoms with Crippen LogP contribution in [0.25, 0.3) is 16.9 Å². The van der Waals surface area contributed by atoms with Crippen LogP contribution in [0.15, 0.2) is 36.4 Å². The molecule has 0 bridgehead atoms. The number of ether oxygens (including phenoxy) is 3. The van der Waals surface area contributed by atoms with Crippen LogP contribution in [-0.4, -0.2) is 75.1 Å². The zero-order chi connectivity index (χ0) is 25.7. The van der Waals surface area contributed by atoms with E-state index in [2.05, 4.69) is 10.4 Å². The van der Waals surface area contributed by atoms with Crippen LogP contribution in [0.4, 0.5) is 0 Å². The highest BCUT2D eigenvalue weighted by atomic mass is 16.5. The van der Waals surface area contributed by atoms with E-state index in [0.717, 1.165) is 17.7 Å². The highest BCUT2D eigenvalue weighted by Crippen LogP contribution is 2.40. The molecule has 9 nitrogen and oxygen atoms in total. The summed E-state index contributed by atoms with van der Waals surface area (Å²) in [5, 5.41) is 7.50. The van der Waals surface area contributed by atoms with E-state index in [-0.39, 0.29) is 11.6 Å². The van der Waals surface area contributed by atoms with E-state index in [1.807, 2.05) is 57.1 Å². The molecule has 0 aliphatic rings. The molecule has 0 unspecified atom stereocenters. The maximum absolute atomic E-state index is 12.8. The number of methoxy groups -OCH3 is 3. The summed E-state index contributed by atoms with van der Waals surface area (Å²) in [6.07, 6.45) is 0. The number of benzene rings is 2. The number of hydrogen-bond donors (Lipinski definition) is 1. The zero-order valence-corrected chi connectivity index (χ0v) is 21.3. The topological polar surface area (TPSA) is 94.9 Å². The Morgan fingerprint density at radius 2 is 1.66 bits per heavy atom. The molecule has 0 spiro atoms. The molecule has 0 aliphatic heterocycles. The van der Waals surface area contributed by atoms with Gasteiger partial charge in [0, 0.05) is 18.7 Å². The maximum Gasteiger partial charge on any atom is 0.358 e. The monoisotopic (exact) mass is 480 g/mol. The fraction of sp³-hybridized carbons (Fsp3) is 0.346. The molecule has 1 N–H and O–H groups in total. The molecule has 186 valence electrons. The van der Waals surface area contributed by atoms with Gasteiger partial charge in [-0.25, -0.2) is 9.48 Å². The molecule has 9 heteroatoms. The number of nitrogens with zero attached hydrogens (tertiary/aromatic N) is 3. The number of aromatic nitrogens is 2. The molecule has 0 saturated carbocycles. The summed E-state index contributed by atoms with van der Waals surface area (Å²) >= 11 is 0. The third-order valence-corrected chi connectivity index (χ3v) is 5.86. The van der Waals surface area contributed by atoms with Gasteiger partial charge in [-0.2, -0.15) is 5.10 Å². The van der Waals surface area contributed by atoms with Crippen molar-refractivity contribution in [2.24, 2.45) is 0 Å². The summed E-state index contributed by atoms with van der Waals surface area (Å²) in [7, 11) is 8.36. The van der Waals surface area contributed by atoms with E-state index in [9.17, 15) is 9.59 Å². The molecule has 0 fully saturated rings. The van der Waals surface area contributed by atoms with Crippen molar-refractivity contribution in [2.45, 2.75) is 13.8 Å². The standard InChI is InChI=1S/C26H32N4O5/c1-16-17(2)20(12-11-18(16)25(31)27-13-14-29(3)4)30-21(15-19(28-30)26(32)35-7)24-22(33-5)9-8-10-23(24)34-6/h8-12,15H,13-14H2,1-7H3,(H,27,31). The molecule has 0 radical (unpaired) electrons. The van der Waals surface area contributed by atoms with E-state index in [0.29, 0.717) is 40.6 Å². The van der Waals surface area contributed by atoms with Crippen LogP contribution < -0.4 is 14.8 Å². The third-order valence-electron chi connectivity index (χ3n) is 5.86. The number of carbonyl (C=O) groups excluding carboxylic acids is 2. The fourth-order valence-corrected chi connectivity index (χ4v) is 3.82. The van der Waals surface area contributed by atoms with Gasteiger partial charge < -0.3 is 24.4 Å². The molecule has 0 atom stereocenters. The molecule has 3 aromatic rings. The van der Waals surface area contributed by atoms with Gasteiger partial charge in [0.05, 0.1) is 38.3 Å². The van der Waals surface area contributed by atoms with Crippen molar-refractivity contribution in [3.05, 3.63) is 58.8 Å². The first-order valence-corrected chi connectivity index (χ1v) is 11.2. The summed E-state index contributed by atoms with van der Waals surface area (Å²) in [6.45, 7) is 5.11. The Bertz CT molecular complexity index is 1210. The average Bonchev–Trinajstić information content (AvgIpc) is 3.28. The number of esters is 1. The average molecular weight is 481 g/mol. The van der Waals surface area contributed by atoms with Crippen molar-refractivity contribution in [1.29, 1.82) is 0 Å². The second kappa shape index (κ2) is 11.1.